The Bertz CT molecular complexity index is 435. The third-order valence-corrected chi connectivity index (χ3v) is 5.77. The number of rotatable bonds is 1. The van der Waals surface area contributed by atoms with Crippen LogP contribution < -0.4 is 10.6 Å². The Morgan fingerprint density at radius 3 is 2.29 bits per heavy atom. The van der Waals surface area contributed by atoms with Gasteiger partial charge in [0.05, 0.1) is 0 Å². The molecular weight excluding hydrogens is 262 g/mol. The lowest BCUT2D eigenvalue weighted by Crippen LogP contribution is -2.47. The Kier molecular flexibility index (Phi) is 3.85. The van der Waals surface area contributed by atoms with Crippen LogP contribution in [-0.2, 0) is 4.79 Å². The number of carbonyl (C=O) groups is 1. The Balaban J connectivity index is 1.66. The van der Waals surface area contributed by atoms with Gasteiger partial charge in [-0.15, -0.1) is 0 Å². The summed E-state index contributed by atoms with van der Waals surface area (Å²) in [4.78, 5) is 17.3. The fourth-order valence-corrected chi connectivity index (χ4v) is 4.15. The molecule has 0 atom stereocenters. The molecule has 0 radical (unpaired) electrons. The van der Waals surface area contributed by atoms with Gasteiger partial charge < -0.3 is 10.6 Å². The second-order valence-electron chi connectivity index (χ2n) is 8.15. The average Bonchev–Trinajstić information content (AvgIpc) is 2.76. The molecule has 1 amide bonds. The third kappa shape index (κ3) is 2.87. The van der Waals surface area contributed by atoms with Crippen LogP contribution in [0.1, 0.15) is 59.3 Å². The molecule has 3 rings (SSSR count). The summed E-state index contributed by atoms with van der Waals surface area (Å²) in [5, 5.41) is 6.44. The molecule has 2 heterocycles. The molecular formula is C17H29N3O. The van der Waals surface area contributed by atoms with Gasteiger partial charge in [-0.3, -0.25) is 9.79 Å². The average molecular weight is 291 g/mol. The zero-order valence-corrected chi connectivity index (χ0v) is 13.7. The van der Waals surface area contributed by atoms with Gasteiger partial charge in [-0.1, -0.05) is 20.8 Å². The van der Waals surface area contributed by atoms with Crippen LogP contribution in [0.15, 0.2) is 4.99 Å². The van der Waals surface area contributed by atoms with Gasteiger partial charge in [-0.2, -0.15) is 0 Å². The molecule has 118 valence electrons. The van der Waals surface area contributed by atoms with Crippen LogP contribution in [0.2, 0.25) is 0 Å². The van der Waals surface area contributed by atoms with Gasteiger partial charge in [0.15, 0.2) is 0 Å². The number of nitrogens with one attached hydrogen (secondary N) is 2. The number of piperidine rings is 1. The Labute approximate surface area is 128 Å². The van der Waals surface area contributed by atoms with Gasteiger partial charge in [0.25, 0.3) is 5.91 Å². The number of carbonyl (C=O) groups excluding carboxylic acids is 1. The number of hydrogen-bond donors (Lipinski definition) is 2. The fraction of sp³-hybridized carbons (Fsp3) is 0.882. The summed E-state index contributed by atoms with van der Waals surface area (Å²) < 4.78 is 0. The SMILES string of the molecule is CC(C)(C)C1CCC(C2=NC3(CCNCC3)C(=O)N2)CC1. The van der Waals surface area contributed by atoms with Crippen molar-refractivity contribution in [2.24, 2.45) is 22.2 Å². The smallest absolute Gasteiger partial charge is 0.253 e. The number of nitrogens with zero attached hydrogens (tertiary/aromatic N) is 1. The summed E-state index contributed by atoms with van der Waals surface area (Å²) in [6, 6.07) is 0. The molecule has 1 saturated carbocycles. The van der Waals surface area contributed by atoms with Crippen molar-refractivity contribution < 1.29 is 4.79 Å². The lowest BCUT2D eigenvalue weighted by molar-refractivity contribution is -0.124. The maximum atomic E-state index is 12.4. The van der Waals surface area contributed by atoms with E-state index < -0.39 is 5.54 Å². The normalized spacial score (nSPS) is 32.9. The number of amidine groups is 1. The molecule has 4 heteroatoms. The monoisotopic (exact) mass is 291 g/mol. The largest absolute Gasteiger partial charge is 0.317 e. The first-order valence-electron chi connectivity index (χ1n) is 8.53. The van der Waals surface area contributed by atoms with Crippen molar-refractivity contribution in [3.8, 4) is 0 Å². The van der Waals surface area contributed by atoms with Crippen molar-refractivity contribution in [3.05, 3.63) is 0 Å². The van der Waals surface area contributed by atoms with Crippen LogP contribution in [0.5, 0.6) is 0 Å². The van der Waals surface area contributed by atoms with E-state index >= 15 is 0 Å². The van der Waals surface area contributed by atoms with E-state index in [9.17, 15) is 4.79 Å². The zero-order chi connectivity index (χ0) is 15.1. The van der Waals surface area contributed by atoms with Crippen LogP contribution in [-0.4, -0.2) is 30.4 Å². The molecule has 0 aromatic heterocycles. The van der Waals surface area contributed by atoms with E-state index in [1.807, 2.05) is 0 Å². The Hall–Kier alpha value is -0.900. The molecule has 3 aliphatic rings. The maximum absolute atomic E-state index is 12.4. The first-order valence-corrected chi connectivity index (χ1v) is 8.53. The maximum Gasteiger partial charge on any atom is 0.253 e. The van der Waals surface area contributed by atoms with Gasteiger partial charge in [-0.25, -0.2) is 0 Å². The highest BCUT2D eigenvalue weighted by atomic mass is 16.2. The van der Waals surface area contributed by atoms with Crippen LogP contribution in [0.25, 0.3) is 0 Å². The first-order chi connectivity index (χ1) is 9.91. The summed E-state index contributed by atoms with van der Waals surface area (Å²) in [6.45, 7) is 8.84. The van der Waals surface area contributed by atoms with Crippen molar-refractivity contribution >= 4 is 11.7 Å². The Morgan fingerprint density at radius 2 is 1.71 bits per heavy atom. The highest BCUT2D eigenvalue weighted by Gasteiger charge is 2.46. The van der Waals surface area contributed by atoms with E-state index in [1.165, 1.54) is 25.7 Å². The predicted molar refractivity (Wildman–Crippen MR) is 85.3 cm³/mol. The Morgan fingerprint density at radius 1 is 1.10 bits per heavy atom. The van der Waals surface area contributed by atoms with Gasteiger partial charge in [-0.05, 0) is 62.9 Å². The molecule has 2 N–H and O–H groups in total. The van der Waals surface area contributed by atoms with Crippen molar-refractivity contribution in [1.82, 2.24) is 10.6 Å². The van der Waals surface area contributed by atoms with Crippen LogP contribution in [0.4, 0.5) is 0 Å². The van der Waals surface area contributed by atoms with Gasteiger partial charge in [0.1, 0.15) is 11.4 Å². The minimum Gasteiger partial charge on any atom is -0.317 e. The molecule has 2 aliphatic heterocycles. The van der Waals surface area contributed by atoms with Crippen LogP contribution in [0, 0.1) is 17.3 Å². The molecule has 1 aliphatic carbocycles. The fourth-order valence-electron chi connectivity index (χ4n) is 4.15. The van der Waals surface area contributed by atoms with E-state index in [2.05, 4.69) is 31.4 Å². The second kappa shape index (κ2) is 5.38. The summed E-state index contributed by atoms with van der Waals surface area (Å²) in [7, 11) is 0. The minimum atomic E-state index is -0.443. The highest BCUT2D eigenvalue weighted by Crippen LogP contribution is 2.41. The third-order valence-electron chi connectivity index (χ3n) is 5.77. The van der Waals surface area contributed by atoms with Crippen LogP contribution in [0.3, 0.4) is 0 Å². The molecule has 0 aromatic rings. The van der Waals surface area contributed by atoms with E-state index in [0.29, 0.717) is 11.3 Å². The van der Waals surface area contributed by atoms with Gasteiger partial charge >= 0.3 is 0 Å². The van der Waals surface area contributed by atoms with Gasteiger partial charge in [0, 0.05) is 5.92 Å². The molecule has 1 saturated heterocycles. The zero-order valence-electron chi connectivity index (χ0n) is 13.7. The summed E-state index contributed by atoms with van der Waals surface area (Å²) in [6.07, 6.45) is 6.57. The van der Waals surface area contributed by atoms with Gasteiger partial charge in [0.2, 0.25) is 0 Å². The van der Waals surface area contributed by atoms with E-state index in [1.54, 1.807) is 0 Å². The second-order valence-corrected chi connectivity index (χ2v) is 8.15. The van der Waals surface area contributed by atoms with Crippen molar-refractivity contribution in [2.75, 3.05) is 13.1 Å². The quantitative estimate of drug-likeness (QED) is 0.780. The van der Waals surface area contributed by atoms with Crippen molar-refractivity contribution in [3.63, 3.8) is 0 Å². The lowest BCUT2D eigenvalue weighted by atomic mass is 9.69. The number of hydrogen-bond acceptors (Lipinski definition) is 3. The molecule has 0 unspecified atom stereocenters. The first kappa shape index (κ1) is 15.0. The molecule has 1 spiro atoms. The lowest BCUT2D eigenvalue weighted by Gasteiger charge is -2.36. The van der Waals surface area contributed by atoms with Crippen LogP contribution >= 0.6 is 0 Å². The summed E-state index contributed by atoms with van der Waals surface area (Å²) >= 11 is 0. The highest BCUT2D eigenvalue weighted by molar-refractivity contribution is 6.09. The number of amides is 1. The summed E-state index contributed by atoms with van der Waals surface area (Å²) in [5.41, 5.74) is -0.0383. The topological polar surface area (TPSA) is 53.5 Å². The van der Waals surface area contributed by atoms with Crippen molar-refractivity contribution in [2.45, 2.75) is 64.8 Å². The van der Waals surface area contributed by atoms with Crippen molar-refractivity contribution in [1.29, 1.82) is 0 Å². The molecule has 0 bridgehead atoms. The molecule has 21 heavy (non-hydrogen) atoms. The molecule has 0 aromatic carbocycles. The van der Waals surface area contributed by atoms with E-state index in [-0.39, 0.29) is 5.91 Å². The standard InChI is InChI=1S/C17H29N3O/c1-16(2,3)13-6-4-12(5-7-13)14-19-15(21)17(20-14)8-10-18-11-9-17/h12-13,18H,4-11H2,1-3H3,(H,19,20,21). The number of aliphatic imine (C=N–C) groups is 1. The van der Waals surface area contributed by atoms with E-state index in [0.717, 1.165) is 37.7 Å². The molecule has 2 fully saturated rings. The summed E-state index contributed by atoms with van der Waals surface area (Å²) in [5.74, 6) is 2.42. The minimum absolute atomic E-state index is 0.150. The molecule has 4 nitrogen and oxygen atoms in total. The van der Waals surface area contributed by atoms with E-state index in [4.69, 9.17) is 4.99 Å². The predicted octanol–water partition coefficient (Wildman–Crippen LogP) is 2.49.